The third kappa shape index (κ3) is 4.40. The SMILES string of the molecule is COc1ccc(C2N=C(NC#N)Nc3nc(N)c(C#N)c(N)c32)cc1OCCCCC#N. The zero-order valence-corrected chi connectivity index (χ0v) is 17.3. The summed E-state index contributed by atoms with van der Waals surface area (Å²) in [6, 6.07) is 8.68. The molecule has 0 aliphatic carbocycles. The first-order valence-electron chi connectivity index (χ1n) is 9.70. The number of fused-ring (bicyclic) bond motifs is 1. The summed E-state index contributed by atoms with van der Waals surface area (Å²) < 4.78 is 11.3. The number of nitriles is 3. The van der Waals surface area contributed by atoms with Gasteiger partial charge < -0.3 is 26.3 Å². The van der Waals surface area contributed by atoms with Crippen molar-refractivity contribution in [3.05, 3.63) is 34.9 Å². The summed E-state index contributed by atoms with van der Waals surface area (Å²) in [6.07, 6.45) is 3.72. The Kier molecular flexibility index (Phi) is 6.79. The quantitative estimate of drug-likeness (QED) is 0.287. The van der Waals surface area contributed by atoms with Crippen LogP contribution in [0.25, 0.3) is 0 Å². The minimum absolute atomic E-state index is 0.0238. The standard InChI is InChI=1S/C21H21N9O2/c1-31-14-6-5-12(9-15(14)32-8-4-2-3-7-22)18-16-17(25)13(10-23)19(26)29-20(16)30-21(28-18)27-11-24/h5-6,9,18H,2-4,8H2,1H3,(H6,25,26,27,28,29,30). The van der Waals surface area contributed by atoms with Crippen LogP contribution in [0.2, 0.25) is 0 Å². The lowest BCUT2D eigenvalue weighted by atomic mass is 9.95. The van der Waals surface area contributed by atoms with E-state index in [4.69, 9.17) is 31.5 Å². The van der Waals surface area contributed by atoms with Gasteiger partial charge in [0.2, 0.25) is 5.96 Å². The second-order valence-electron chi connectivity index (χ2n) is 6.78. The van der Waals surface area contributed by atoms with Crippen LogP contribution in [0.15, 0.2) is 23.2 Å². The molecule has 1 unspecified atom stereocenters. The second-order valence-corrected chi connectivity index (χ2v) is 6.78. The smallest absolute Gasteiger partial charge is 0.211 e. The number of hydrogen-bond donors (Lipinski definition) is 4. The summed E-state index contributed by atoms with van der Waals surface area (Å²) in [5.74, 6) is 1.46. The van der Waals surface area contributed by atoms with Gasteiger partial charge in [0.15, 0.2) is 17.7 Å². The van der Waals surface area contributed by atoms with Crippen LogP contribution >= 0.6 is 0 Å². The number of rotatable bonds is 7. The molecule has 162 valence electrons. The Morgan fingerprint density at radius 2 is 2.00 bits per heavy atom. The molecule has 0 spiro atoms. The number of aromatic nitrogens is 1. The van der Waals surface area contributed by atoms with Gasteiger partial charge in [-0.05, 0) is 30.5 Å². The highest BCUT2D eigenvalue weighted by atomic mass is 16.5. The predicted molar refractivity (Wildman–Crippen MR) is 117 cm³/mol. The molecule has 1 aromatic carbocycles. The molecule has 0 fully saturated rings. The van der Waals surface area contributed by atoms with Gasteiger partial charge in [-0.25, -0.2) is 9.98 Å². The molecule has 2 aromatic rings. The molecule has 6 N–H and O–H groups in total. The minimum Gasteiger partial charge on any atom is -0.493 e. The Labute approximate surface area is 184 Å². The third-order valence-electron chi connectivity index (χ3n) is 4.80. The number of nitrogens with one attached hydrogen (secondary N) is 2. The van der Waals surface area contributed by atoms with Crippen LogP contribution in [-0.4, -0.2) is 24.7 Å². The average molecular weight is 431 g/mol. The van der Waals surface area contributed by atoms with Crippen molar-refractivity contribution in [3.63, 3.8) is 0 Å². The van der Waals surface area contributed by atoms with Crippen molar-refractivity contribution in [2.75, 3.05) is 30.5 Å². The van der Waals surface area contributed by atoms with Crippen LogP contribution in [0.3, 0.4) is 0 Å². The van der Waals surface area contributed by atoms with Gasteiger partial charge in [0.25, 0.3) is 0 Å². The maximum atomic E-state index is 9.45. The molecule has 1 aliphatic heterocycles. The van der Waals surface area contributed by atoms with E-state index in [1.165, 1.54) is 7.11 Å². The number of anilines is 3. The molecular formula is C21H21N9O2. The number of nitrogen functional groups attached to an aromatic ring is 2. The molecular weight excluding hydrogens is 410 g/mol. The van der Waals surface area contributed by atoms with Crippen molar-refractivity contribution in [3.8, 4) is 29.8 Å². The Balaban J connectivity index is 2.04. The van der Waals surface area contributed by atoms with Crippen molar-refractivity contribution in [1.82, 2.24) is 10.3 Å². The molecule has 0 bridgehead atoms. The number of benzene rings is 1. The van der Waals surface area contributed by atoms with E-state index >= 15 is 0 Å². The van der Waals surface area contributed by atoms with Crippen molar-refractivity contribution in [1.29, 1.82) is 15.8 Å². The monoisotopic (exact) mass is 431 g/mol. The average Bonchev–Trinajstić information content (AvgIpc) is 2.78. The highest BCUT2D eigenvalue weighted by Gasteiger charge is 2.30. The molecule has 0 saturated heterocycles. The molecule has 1 aromatic heterocycles. The number of unbranched alkanes of at least 4 members (excludes halogenated alkanes) is 2. The van der Waals surface area contributed by atoms with Gasteiger partial charge in [-0.3, -0.25) is 5.32 Å². The van der Waals surface area contributed by atoms with Crippen molar-refractivity contribution < 1.29 is 9.47 Å². The largest absolute Gasteiger partial charge is 0.493 e. The summed E-state index contributed by atoms with van der Waals surface area (Å²) in [4.78, 5) is 8.78. The van der Waals surface area contributed by atoms with Gasteiger partial charge in [0.1, 0.15) is 29.3 Å². The van der Waals surface area contributed by atoms with E-state index < -0.39 is 6.04 Å². The van der Waals surface area contributed by atoms with E-state index in [0.29, 0.717) is 47.9 Å². The van der Waals surface area contributed by atoms with E-state index in [0.717, 1.165) is 6.42 Å². The van der Waals surface area contributed by atoms with Gasteiger partial charge >= 0.3 is 0 Å². The van der Waals surface area contributed by atoms with E-state index in [1.54, 1.807) is 18.2 Å². The zero-order valence-electron chi connectivity index (χ0n) is 17.3. The van der Waals surface area contributed by atoms with Crippen LogP contribution in [0.1, 0.15) is 42.0 Å². The molecule has 0 amide bonds. The fourth-order valence-corrected chi connectivity index (χ4v) is 3.29. The summed E-state index contributed by atoms with van der Waals surface area (Å²) in [5.41, 5.74) is 13.5. The zero-order chi connectivity index (χ0) is 23.1. The van der Waals surface area contributed by atoms with Crippen LogP contribution < -0.4 is 31.6 Å². The van der Waals surface area contributed by atoms with Gasteiger partial charge in [0.05, 0.1) is 25.5 Å². The summed E-state index contributed by atoms with van der Waals surface area (Å²) in [7, 11) is 1.54. The first-order valence-corrected chi connectivity index (χ1v) is 9.70. The number of nitrogens with zero attached hydrogens (tertiary/aromatic N) is 5. The number of guanidine groups is 1. The van der Waals surface area contributed by atoms with Crippen LogP contribution in [-0.2, 0) is 0 Å². The number of nitrogens with two attached hydrogens (primary N) is 2. The lowest BCUT2D eigenvalue weighted by Crippen LogP contribution is -2.32. The number of pyridine rings is 1. The Morgan fingerprint density at radius 1 is 1.19 bits per heavy atom. The molecule has 0 radical (unpaired) electrons. The number of aliphatic imine (C=N–C) groups is 1. The summed E-state index contributed by atoms with van der Waals surface area (Å²) >= 11 is 0. The van der Waals surface area contributed by atoms with E-state index in [-0.39, 0.29) is 23.0 Å². The first kappa shape index (κ1) is 22.0. The van der Waals surface area contributed by atoms with Gasteiger partial charge in [-0.15, -0.1) is 0 Å². The van der Waals surface area contributed by atoms with Gasteiger partial charge in [-0.1, -0.05) is 6.07 Å². The van der Waals surface area contributed by atoms with E-state index in [2.05, 4.69) is 26.7 Å². The van der Waals surface area contributed by atoms with Crippen molar-refractivity contribution >= 4 is 23.3 Å². The fourth-order valence-electron chi connectivity index (χ4n) is 3.29. The Hall–Kier alpha value is -4.69. The lowest BCUT2D eigenvalue weighted by molar-refractivity contribution is 0.286. The fraction of sp³-hybridized carbons (Fsp3) is 0.286. The predicted octanol–water partition coefficient (Wildman–Crippen LogP) is 2.14. The van der Waals surface area contributed by atoms with Crippen LogP contribution in [0.5, 0.6) is 11.5 Å². The molecule has 1 aliphatic rings. The summed E-state index contributed by atoms with van der Waals surface area (Å²) in [6.45, 7) is 0.410. The summed E-state index contributed by atoms with van der Waals surface area (Å²) in [5, 5.41) is 32.5. The molecule has 0 saturated carbocycles. The number of hydrogen-bond acceptors (Lipinski definition) is 11. The molecule has 2 heterocycles. The maximum absolute atomic E-state index is 9.45. The van der Waals surface area contributed by atoms with Crippen LogP contribution in [0, 0.1) is 34.1 Å². The molecule has 1 atom stereocenters. The maximum Gasteiger partial charge on any atom is 0.211 e. The molecule has 32 heavy (non-hydrogen) atoms. The van der Waals surface area contributed by atoms with E-state index in [1.807, 2.05) is 12.3 Å². The van der Waals surface area contributed by atoms with Crippen molar-refractivity contribution in [2.24, 2.45) is 4.99 Å². The number of methoxy groups -OCH3 is 1. The van der Waals surface area contributed by atoms with Crippen molar-refractivity contribution in [2.45, 2.75) is 25.3 Å². The molecule has 3 rings (SSSR count). The van der Waals surface area contributed by atoms with Crippen LogP contribution in [0.4, 0.5) is 17.3 Å². The molecule has 11 nitrogen and oxygen atoms in total. The van der Waals surface area contributed by atoms with Gasteiger partial charge in [-0.2, -0.15) is 15.8 Å². The normalized spacial score (nSPS) is 13.9. The first-order chi connectivity index (χ1) is 15.5. The van der Waals surface area contributed by atoms with E-state index in [9.17, 15) is 5.26 Å². The number of ether oxygens (including phenoxy) is 2. The Morgan fingerprint density at radius 3 is 2.69 bits per heavy atom. The highest BCUT2D eigenvalue weighted by molar-refractivity contribution is 5.98. The highest BCUT2D eigenvalue weighted by Crippen LogP contribution is 2.42. The second kappa shape index (κ2) is 9.88. The minimum atomic E-state index is -0.686. The molecule has 11 heteroatoms. The van der Waals surface area contributed by atoms with Gasteiger partial charge in [0, 0.05) is 12.0 Å². The topological polar surface area (TPSA) is 191 Å². The third-order valence-corrected chi connectivity index (χ3v) is 4.80. The Bertz CT molecular complexity index is 1170. The lowest BCUT2D eigenvalue weighted by Gasteiger charge is -2.26.